The Bertz CT molecular complexity index is 510. The second-order valence-corrected chi connectivity index (χ2v) is 4.68. The molecule has 0 aliphatic carbocycles. The quantitative estimate of drug-likeness (QED) is 0.940. The number of hydrogen-bond donors (Lipinski definition) is 1. The van der Waals surface area contributed by atoms with Crippen molar-refractivity contribution in [2.24, 2.45) is 7.05 Å². The van der Waals surface area contributed by atoms with Gasteiger partial charge in [0.1, 0.15) is 5.82 Å². The highest BCUT2D eigenvalue weighted by atomic mass is 79.9. The van der Waals surface area contributed by atoms with Gasteiger partial charge in [-0.1, -0.05) is 0 Å². The van der Waals surface area contributed by atoms with Crippen LogP contribution in [0.15, 0.2) is 35.1 Å². The van der Waals surface area contributed by atoms with Gasteiger partial charge in [-0.3, -0.25) is 4.68 Å². The lowest BCUT2D eigenvalue weighted by Gasteiger charge is -2.05. The standard InChI is InChI=1S/C12H13BrFN3/c1-17-8-9(7-16-17)4-5-15-10-2-3-11(13)12(14)6-10/h2-3,6-8,15H,4-5H2,1H3. The van der Waals surface area contributed by atoms with Crippen molar-refractivity contribution >= 4 is 21.6 Å². The van der Waals surface area contributed by atoms with Gasteiger partial charge in [-0.15, -0.1) is 0 Å². The molecule has 1 aromatic carbocycles. The molecule has 0 spiro atoms. The zero-order chi connectivity index (χ0) is 12.3. The minimum atomic E-state index is -0.253. The van der Waals surface area contributed by atoms with E-state index in [2.05, 4.69) is 26.3 Å². The fourth-order valence-corrected chi connectivity index (χ4v) is 1.80. The van der Waals surface area contributed by atoms with Gasteiger partial charge in [0.25, 0.3) is 0 Å². The maximum absolute atomic E-state index is 13.2. The number of anilines is 1. The van der Waals surface area contributed by atoms with E-state index in [0.29, 0.717) is 4.47 Å². The zero-order valence-corrected chi connectivity index (χ0v) is 11.0. The number of benzene rings is 1. The first-order valence-corrected chi connectivity index (χ1v) is 6.11. The normalized spacial score (nSPS) is 10.5. The Hall–Kier alpha value is -1.36. The number of rotatable bonds is 4. The minimum Gasteiger partial charge on any atom is -0.385 e. The third-order valence-corrected chi connectivity index (χ3v) is 3.06. The molecule has 0 atom stereocenters. The summed E-state index contributed by atoms with van der Waals surface area (Å²) in [7, 11) is 1.89. The summed E-state index contributed by atoms with van der Waals surface area (Å²) in [6.45, 7) is 0.757. The number of nitrogens with zero attached hydrogens (tertiary/aromatic N) is 2. The van der Waals surface area contributed by atoms with E-state index in [1.165, 1.54) is 6.07 Å². The monoisotopic (exact) mass is 297 g/mol. The van der Waals surface area contributed by atoms with Crippen LogP contribution < -0.4 is 5.32 Å². The number of aromatic nitrogens is 2. The number of halogens is 2. The van der Waals surface area contributed by atoms with E-state index < -0.39 is 0 Å². The number of nitrogens with one attached hydrogen (secondary N) is 1. The lowest BCUT2D eigenvalue weighted by Crippen LogP contribution is -2.04. The topological polar surface area (TPSA) is 29.9 Å². The van der Waals surface area contributed by atoms with Crippen molar-refractivity contribution in [1.29, 1.82) is 0 Å². The predicted molar refractivity (Wildman–Crippen MR) is 69.5 cm³/mol. The second kappa shape index (κ2) is 5.31. The Labute approximate surface area is 108 Å². The first kappa shape index (κ1) is 12.1. The van der Waals surface area contributed by atoms with Crippen LogP contribution in [0.2, 0.25) is 0 Å². The van der Waals surface area contributed by atoms with Gasteiger partial charge in [-0.2, -0.15) is 5.10 Å². The van der Waals surface area contributed by atoms with E-state index in [4.69, 9.17) is 0 Å². The molecule has 0 aliphatic rings. The van der Waals surface area contributed by atoms with E-state index in [1.54, 1.807) is 10.7 Å². The predicted octanol–water partition coefficient (Wildman–Crippen LogP) is 2.98. The van der Waals surface area contributed by atoms with Crippen molar-refractivity contribution in [1.82, 2.24) is 9.78 Å². The summed E-state index contributed by atoms with van der Waals surface area (Å²) in [6.07, 6.45) is 4.68. The SMILES string of the molecule is Cn1cc(CCNc2ccc(Br)c(F)c2)cn1. The zero-order valence-electron chi connectivity index (χ0n) is 9.45. The van der Waals surface area contributed by atoms with Gasteiger partial charge >= 0.3 is 0 Å². The molecule has 0 saturated heterocycles. The molecule has 1 N–H and O–H groups in total. The number of hydrogen-bond acceptors (Lipinski definition) is 2. The van der Waals surface area contributed by atoms with Crippen molar-refractivity contribution in [3.05, 3.63) is 46.4 Å². The molecule has 0 saturated carbocycles. The highest BCUT2D eigenvalue weighted by Crippen LogP contribution is 2.19. The Morgan fingerprint density at radius 2 is 2.29 bits per heavy atom. The average molecular weight is 298 g/mol. The van der Waals surface area contributed by atoms with E-state index in [-0.39, 0.29) is 5.82 Å². The van der Waals surface area contributed by atoms with Crippen molar-refractivity contribution in [2.45, 2.75) is 6.42 Å². The molecule has 2 rings (SSSR count). The molecule has 3 nitrogen and oxygen atoms in total. The third-order valence-electron chi connectivity index (χ3n) is 2.42. The molecular weight excluding hydrogens is 285 g/mol. The van der Waals surface area contributed by atoms with Gasteiger partial charge in [0.2, 0.25) is 0 Å². The van der Waals surface area contributed by atoms with Crippen LogP contribution in [0.4, 0.5) is 10.1 Å². The maximum atomic E-state index is 13.2. The highest BCUT2D eigenvalue weighted by molar-refractivity contribution is 9.10. The maximum Gasteiger partial charge on any atom is 0.139 e. The molecule has 0 amide bonds. The largest absolute Gasteiger partial charge is 0.385 e. The van der Waals surface area contributed by atoms with E-state index >= 15 is 0 Å². The van der Waals surface area contributed by atoms with Crippen LogP contribution in [0.5, 0.6) is 0 Å². The number of aryl methyl sites for hydroxylation is 1. The molecule has 0 unspecified atom stereocenters. The summed E-state index contributed by atoms with van der Waals surface area (Å²) < 4.78 is 15.5. The van der Waals surface area contributed by atoms with Crippen LogP contribution in [0, 0.1) is 5.82 Å². The molecule has 0 aliphatic heterocycles. The average Bonchev–Trinajstić information content (AvgIpc) is 2.70. The lowest BCUT2D eigenvalue weighted by atomic mass is 10.2. The van der Waals surface area contributed by atoms with Crippen LogP contribution in [0.25, 0.3) is 0 Å². The van der Waals surface area contributed by atoms with Gasteiger partial charge in [-0.05, 0) is 46.1 Å². The summed E-state index contributed by atoms with van der Waals surface area (Å²) in [5, 5.41) is 7.26. The fourth-order valence-electron chi connectivity index (χ4n) is 1.56. The molecule has 1 heterocycles. The van der Waals surface area contributed by atoms with Gasteiger partial charge in [0.05, 0.1) is 10.7 Å². The molecule has 0 radical (unpaired) electrons. The summed E-state index contributed by atoms with van der Waals surface area (Å²) >= 11 is 3.12. The first-order valence-electron chi connectivity index (χ1n) is 5.31. The summed E-state index contributed by atoms with van der Waals surface area (Å²) in [5.41, 5.74) is 1.95. The molecular formula is C12H13BrFN3. The van der Waals surface area contributed by atoms with Crippen LogP contribution >= 0.6 is 15.9 Å². The van der Waals surface area contributed by atoms with Crippen molar-refractivity contribution in [3.63, 3.8) is 0 Å². The highest BCUT2D eigenvalue weighted by Gasteiger charge is 2.00. The van der Waals surface area contributed by atoms with Crippen LogP contribution in [0.3, 0.4) is 0 Å². The lowest BCUT2D eigenvalue weighted by molar-refractivity contribution is 0.621. The molecule has 2 aromatic rings. The van der Waals surface area contributed by atoms with Gasteiger partial charge in [0, 0.05) is 25.5 Å². The first-order chi connectivity index (χ1) is 8.15. The Morgan fingerprint density at radius 1 is 1.47 bits per heavy atom. The Balaban J connectivity index is 1.87. The molecule has 5 heteroatoms. The van der Waals surface area contributed by atoms with E-state index in [0.717, 1.165) is 24.2 Å². The molecule has 90 valence electrons. The Kier molecular flexibility index (Phi) is 3.78. The van der Waals surface area contributed by atoms with E-state index in [1.807, 2.05) is 25.5 Å². The Morgan fingerprint density at radius 3 is 2.94 bits per heavy atom. The van der Waals surface area contributed by atoms with Gasteiger partial charge in [-0.25, -0.2) is 4.39 Å². The molecule has 0 fully saturated rings. The summed E-state index contributed by atoms with van der Waals surface area (Å²) in [6, 6.07) is 5.02. The molecule has 1 aromatic heterocycles. The van der Waals surface area contributed by atoms with Gasteiger partial charge < -0.3 is 5.32 Å². The molecule has 17 heavy (non-hydrogen) atoms. The van der Waals surface area contributed by atoms with Crippen molar-refractivity contribution in [3.8, 4) is 0 Å². The van der Waals surface area contributed by atoms with E-state index in [9.17, 15) is 4.39 Å². The fraction of sp³-hybridized carbons (Fsp3) is 0.250. The smallest absolute Gasteiger partial charge is 0.139 e. The summed E-state index contributed by atoms with van der Waals surface area (Å²) in [5.74, 6) is -0.253. The second-order valence-electron chi connectivity index (χ2n) is 3.83. The van der Waals surface area contributed by atoms with Crippen molar-refractivity contribution in [2.75, 3.05) is 11.9 Å². The van der Waals surface area contributed by atoms with Crippen LogP contribution in [0.1, 0.15) is 5.56 Å². The van der Waals surface area contributed by atoms with Crippen LogP contribution in [-0.2, 0) is 13.5 Å². The van der Waals surface area contributed by atoms with Crippen molar-refractivity contribution < 1.29 is 4.39 Å². The van der Waals surface area contributed by atoms with Gasteiger partial charge in [0.15, 0.2) is 0 Å². The molecule has 0 bridgehead atoms. The summed E-state index contributed by atoms with van der Waals surface area (Å²) in [4.78, 5) is 0. The third kappa shape index (κ3) is 3.30. The van der Waals surface area contributed by atoms with Crippen LogP contribution in [-0.4, -0.2) is 16.3 Å². The minimum absolute atomic E-state index is 0.253.